The molecule has 0 aliphatic carbocycles. The first kappa shape index (κ1) is 18.6. The molecule has 0 aromatic heterocycles. The SMILES string of the molecule is CNCC1CCN(C(=O)c2ccccc2C(=O)c2ccc(Cl)cc2)CC1. The van der Waals surface area contributed by atoms with Crippen molar-refractivity contribution in [2.45, 2.75) is 12.8 Å². The summed E-state index contributed by atoms with van der Waals surface area (Å²) in [6.07, 6.45) is 1.97. The Morgan fingerprint density at radius 2 is 1.65 bits per heavy atom. The van der Waals surface area contributed by atoms with Crippen LogP contribution in [0.4, 0.5) is 0 Å². The largest absolute Gasteiger partial charge is 0.339 e. The number of rotatable bonds is 5. The average Bonchev–Trinajstić information content (AvgIpc) is 2.68. The maximum absolute atomic E-state index is 13.0. The molecule has 0 bridgehead atoms. The topological polar surface area (TPSA) is 49.4 Å². The number of ketones is 1. The number of hydrogen-bond donors (Lipinski definition) is 1. The molecule has 1 saturated heterocycles. The van der Waals surface area contributed by atoms with Crippen LogP contribution < -0.4 is 5.32 Å². The fourth-order valence-electron chi connectivity index (χ4n) is 3.42. The van der Waals surface area contributed by atoms with E-state index in [-0.39, 0.29) is 11.7 Å². The number of halogens is 1. The highest BCUT2D eigenvalue weighted by atomic mass is 35.5. The molecular weight excluding hydrogens is 348 g/mol. The number of carbonyl (C=O) groups is 2. The Bertz CT molecular complexity index is 781. The van der Waals surface area contributed by atoms with Crippen LogP contribution in [0.3, 0.4) is 0 Å². The van der Waals surface area contributed by atoms with E-state index in [4.69, 9.17) is 11.6 Å². The molecule has 4 nitrogen and oxygen atoms in total. The van der Waals surface area contributed by atoms with Crippen molar-refractivity contribution in [3.63, 3.8) is 0 Å². The second-order valence-electron chi connectivity index (χ2n) is 6.67. The Morgan fingerprint density at radius 1 is 1.04 bits per heavy atom. The average molecular weight is 371 g/mol. The first-order valence-corrected chi connectivity index (χ1v) is 9.31. The Balaban J connectivity index is 1.80. The summed E-state index contributed by atoms with van der Waals surface area (Å²) in [4.78, 5) is 27.8. The Morgan fingerprint density at radius 3 is 2.27 bits per heavy atom. The van der Waals surface area contributed by atoms with Crippen LogP contribution in [0.2, 0.25) is 5.02 Å². The molecule has 2 aromatic rings. The number of hydrogen-bond acceptors (Lipinski definition) is 3. The maximum Gasteiger partial charge on any atom is 0.254 e. The van der Waals surface area contributed by atoms with Gasteiger partial charge in [0.2, 0.25) is 0 Å². The highest BCUT2D eigenvalue weighted by molar-refractivity contribution is 6.30. The van der Waals surface area contributed by atoms with Crippen molar-refractivity contribution < 1.29 is 9.59 Å². The summed E-state index contributed by atoms with van der Waals surface area (Å²) in [5.74, 6) is 0.386. The summed E-state index contributed by atoms with van der Waals surface area (Å²) in [7, 11) is 1.95. The van der Waals surface area contributed by atoms with Crippen LogP contribution in [-0.4, -0.2) is 43.3 Å². The minimum atomic E-state index is -0.157. The predicted octanol–water partition coefficient (Wildman–Crippen LogP) is 3.64. The van der Waals surface area contributed by atoms with Gasteiger partial charge in [0.05, 0.1) is 5.56 Å². The number of amides is 1. The van der Waals surface area contributed by atoms with Crippen molar-refractivity contribution in [2.75, 3.05) is 26.7 Å². The summed E-state index contributed by atoms with van der Waals surface area (Å²) in [5, 5.41) is 3.78. The van der Waals surface area contributed by atoms with Gasteiger partial charge < -0.3 is 10.2 Å². The monoisotopic (exact) mass is 370 g/mol. The van der Waals surface area contributed by atoms with Gasteiger partial charge in [-0.1, -0.05) is 29.8 Å². The molecule has 0 spiro atoms. The van der Waals surface area contributed by atoms with E-state index in [0.717, 1.165) is 32.5 Å². The molecule has 2 aromatic carbocycles. The van der Waals surface area contributed by atoms with Gasteiger partial charge in [-0.05, 0) is 62.7 Å². The molecule has 1 aliphatic heterocycles. The molecule has 26 heavy (non-hydrogen) atoms. The van der Waals surface area contributed by atoms with E-state index in [9.17, 15) is 9.59 Å². The van der Waals surface area contributed by atoms with Gasteiger partial charge in [0, 0.05) is 29.2 Å². The van der Waals surface area contributed by atoms with Crippen LogP contribution in [0.1, 0.15) is 39.1 Å². The zero-order valence-corrected chi connectivity index (χ0v) is 15.6. The molecule has 1 fully saturated rings. The molecular formula is C21H23ClN2O2. The van der Waals surface area contributed by atoms with Crippen molar-refractivity contribution in [3.05, 3.63) is 70.2 Å². The van der Waals surface area contributed by atoms with E-state index in [1.54, 1.807) is 48.5 Å². The molecule has 1 heterocycles. The summed E-state index contributed by atoms with van der Waals surface area (Å²) >= 11 is 5.90. The van der Waals surface area contributed by atoms with Gasteiger partial charge in [0.25, 0.3) is 5.91 Å². The first-order valence-electron chi connectivity index (χ1n) is 8.93. The lowest BCUT2D eigenvalue weighted by atomic mass is 9.94. The molecule has 136 valence electrons. The summed E-state index contributed by atoms with van der Waals surface area (Å²) in [5.41, 5.74) is 1.44. The van der Waals surface area contributed by atoms with Crippen molar-refractivity contribution in [1.82, 2.24) is 10.2 Å². The standard InChI is InChI=1S/C21H23ClN2O2/c1-23-14-15-10-12-24(13-11-15)21(26)19-5-3-2-4-18(19)20(25)16-6-8-17(22)9-7-16/h2-9,15,23H,10-14H2,1H3. The lowest BCUT2D eigenvalue weighted by Crippen LogP contribution is -2.40. The fraction of sp³-hybridized carbons (Fsp3) is 0.333. The zero-order chi connectivity index (χ0) is 18.5. The quantitative estimate of drug-likeness (QED) is 0.817. The molecule has 5 heteroatoms. The number of piperidine rings is 1. The Kier molecular flexibility index (Phi) is 6.07. The zero-order valence-electron chi connectivity index (χ0n) is 14.9. The molecule has 0 saturated carbocycles. The third-order valence-electron chi connectivity index (χ3n) is 4.90. The fourth-order valence-corrected chi connectivity index (χ4v) is 3.55. The molecule has 1 aliphatic rings. The number of nitrogens with one attached hydrogen (secondary N) is 1. The van der Waals surface area contributed by atoms with Crippen molar-refractivity contribution in [3.8, 4) is 0 Å². The van der Waals surface area contributed by atoms with E-state index >= 15 is 0 Å². The van der Waals surface area contributed by atoms with Crippen molar-refractivity contribution in [2.24, 2.45) is 5.92 Å². The van der Waals surface area contributed by atoms with E-state index in [2.05, 4.69) is 5.32 Å². The van der Waals surface area contributed by atoms with Gasteiger partial charge in [-0.2, -0.15) is 0 Å². The van der Waals surface area contributed by atoms with Crippen LogP contribution in [0.5, 0.6) is 0 Å². The molecule has 3 rings (SSSR count). The van der Waals surface area contributed by atoms with Crippen LogP contribution >= 0.6 is 11.6 Å². The van der Waals surface area contributed by atoms with Crippen LogP contribution in [0, 0.1) is 5.92 Å². The van der Waals surface area contributed by atoms with E-state index in [1.807, 2.05) is 11.9 Å². The van der Waals surface area contributed by atoms with Gasteiger partial charge in [-0.25, -0.2) is 0 Å². The first-order chi connectivity index (χ1) is 12.6. The smallest absolute Gasteiger partial charge is 0.254 e. The molecule has 0 atom stereocenters. The number of benzene rings is 2. The Labute approximate surface area is 159 Å². The number of likely N-dealkylation sites (tertiary alicyclic amines) is 1. The molecule has 1 N–H and O–H groups in total. The third kappa shape index (κ3) is 4.14. The second kappa shape index (κ2) is 8.47. The van der Waals surface area contributed by atoms with Crippen LogP contribution in [0.25, 0.3) is 0 Å². The molecule has 0 unspecified atom stereocenters. The van der Waals surface area contributed by atoms with E-state index < -0.39 is 0 Å². The number of nitrogens with zero attached hydrogens (tertiary/aromatic N) is 1. The number of carbonyl (C=O) groups excluding carboxylic acids is 2. The van der Waals surface area contributed by atoms with E-state index in [0.29, 0.717) is 27.6 Å². The van der Waals surface area contributed by atoms with Gasteiger partial charge in [-0.3, -0.25) is 9.59 Å². The maximum atomic E-state index is 13.0. The van der Waals surface area contributed by atoms with E-state index in [1.165, 1.54) is 0 Å². The van der Waals surface area contributed by atoms with Crippen molar-refractivity contribution >= 4 is 23.3 Å². The Hall–Kier alpha value is -2.17. The van der Waals surface area contributed by atoms with Crippen LogP contribution in [-0.2, 0) is 0 Å². The van der Waals surface area contributed by atoms with Crippen molar-refractivity contribution in [1.29, 1.82) is 0 Å². The molecule has 0 radical (unpaired) electrons. The second-order valence-corrected chi connectivity index (χ2v) is 7.11. The molecule has 1 amide bonds. The van der Waals surface area contributed by atoms with Gasteiger partial charge in [0.1, 0.15) is 0 Å². The van der Waals surface area contributed by atoms with Gasteiger partial charge in [-0.15, -0.1) is 0 Å². The minimum absolute atomic E-state index is 0.0641. The van der Waals surface area contributed by atoms with Gasteiger partial charge in [0.15, 0.2) is 5.78 Å². The minimum Gasteiger partial charge on any atom is -0.339 e. The lowest BCUT2D eigenvalue weighted by molar-refractivity contribution is 0.0687. The normalized spacial score (nSPS) is 15.1. The van der Waals surface area contributed by atoms with Gasteiger partial charge >= 0.3 is 0 Å². The summed E-state index contributed by atoms with van der Waals surface area (Å²) in [6.45, 7) is 2.44. The van der Waals surface area contributed by atoms with Crippen LogP contribution in [0.15, 0.2) is 48.5 Å². The highest BCUT2D eigenvalue weighted by Gasteiger charge is 2.26. The summed E-state index contributed by atoms with van der Waals surface area (Å²) < 4.78 is 0. The lowest BCUT2D eigenvalue weighted by Gasteiger charge is -2.32. The third-order valence-corrected chi connectivity index (χ3v) is 5.16. The highest BCUT2D eigenvalue weighted by Crippen LogP contribution is 2.22. The predicted molar refractivity (Wildman–Crippen MR) is 104 cm³/mol. The summed E-state index contributed by atoms with van der Waals surface area (Å²) in [6, 6.07) is 13.8.